The molecule has 0 aliphatic rings. The Kier molecular flexibility index (Phi) is 13.6. The van der Waals surface area contributed by atoms with Crippen LogP contribution in [0.1, 0.15) is 31.4 Å². The highest BCUT2D eigenvalue weighted by atomic mass is 127. The molecule has 1 heterocycles. The van der Waals surface area contributed by atoms with E-state index in [2.05, 4.69) is 15.6 Å². The molecule has 30 heavy (non-hydrogen) atoms. The second kappa shape index (κ2) is 15.7. The summed E-state index contributed by atoms with van der Waals surface area (Å²) < 4.78 is 16.2. The van der Waals surface area contributed by atoms with Gasteiger partial charge in [-0.25, -0.2) is 9.98 Å². The molecule has 0 saturated carbocycles. The summed E-state index contributed by atoms with van der Waals surface area (Å²) in [5.74, 6) is 2.22. The average Bonchev–Trinajstić information content (AvgIpc) is 2.76. The molecule has 0 saturated heterocycles. The smallest absolute Gasteiger partial charge is 0.218 e. The van der Waals surface area contributed by atoms with Gasteiger partial charge in [0.15, 0.2) is 5.96 Å². The van der Waals surface area contributed by atoms with Crippen LogP contribution in [0.25, 0.3) is 0 Å². The lowest BCUT2D eigenvalue weighted by atomic mass is 10.2. The molecule has 0 spiro atoms. The monoisotopic (exact) mass is 528 g/mol. The highest BCUT2D eigenvalue weighted by molar-refractivity contribution is 14.0. The van der Waals surface area contributed by atoms with Gasteiger partial charge in [0.25, 0.3) is 0 Å². The third-order valence-electron chi connectivity index (χ3n) is 4.12. The summed E-state index contributed by atoms with van der Waals surface area (Å²) >= 11 is 0. The summed E-state index contributed by atoms with van der Waals surface area (Å²) in [4.78, 5) is 9.01. The van der Waals surface area contributed by atoms with E-state index in [4.69, 9.17) is 19.2 Å². The Hall–Kier alpha value is -2.07. The van der Waals surface area contributed by atoms with Gasteiger partial charge in [0.2, 0.25) is 5.88 Å². The first-order chi connectivity index (χ1) is 14.3. The first-order valence-electron chi connectivity index (χ1n) is 10.1. The van der Waals surface area contributed by atoms with Crippen molar-refractivity contribution in [2.24, 2.45) is 4.99 Å². The topological polar surface area (TPSA) is 77.0 Å². The molecule has 0 unspecified atom stereocenters. The number of halogens is 1. The maximum absolute atomic E-state index is 5.61. The summed E-state index contributed by atoms with van der Waals surface area (Å²) in [7, 11) is 1.66. The van der Waals surface area contributed by atoms with E-state index in [0.29, 0.717) is 25.6 Å². The predicted octanol–water partition coefficient (Wildman–Crippen LogP) is 3.77. The standard InChI is InChI=1S/C22H32N4O3.HI/c1-4-28-15-7-14-24-22(25-16-18-9-11-20(27-3)12-10-18)26-17-19-8-6-13-23-21(19)29-5-2;/h6,8-13H,4-5,7,14-17H2,1-3H3,(H2,24,25,26);1H. The molecule has 2 aromatic rings. The third-order valence-corrected chi connectivity index (χ3v) is 4.12. The number of rotatable bonds is 12. The normalized spacial score (nSPS) is 10.8. The number of methoxy groups -OCH3 is 1. The molecule has 0 aliphatic carbocycles. The fourth-order valence-corrected chi connectivity index (χ4v) is 2.61. The number of pyridine rings is 1. The van der Waals surface area contributed by atoms with Crippen molar-refractivity contribution < 1.29 is 14.2 Å². The minimum Gasteiger partial charge on any atom is -0.497 e. The Morgan fingerprint density at radius 1 is 1.07 bits per heavy atom. The van der Waals surface area contributed by atoms with E-state index >= 15 is 0 Å². The minimum atomic E-state index is 0. The van der Waals surface area contributed by atoms with Gasteiger partial charge < -0.3 is 24.8 Å². The van der Waals surface area contributed by atoms with Gasteiger partial charge in [-0.1, -0.05) is 18.2 Å². The average molecular weight is 528 g/mol. The highest BCUT2D eigenvalue weighted by Crippen LogP contribution is 2.14. The molecule has 0 fully saturated rings. The maximum atomic E-state index is 5.61. The number of aromatic nitrogens is 1. The number of guanidine groups is 1. The molecule has 8 heteroatoms. The molecular formula is C22H33IN4O3. The molecule has 2 N–H and O–H groups in total. The summed E-state index contributed by atoms with van der Waals surface area (Å²) in [6.07, 6.45) is 2.65. The van der Waals surface area contributed by atoms with Gasteiger partial charge in [0.05, 0.1) is 20.3 Å². The molecule has 0 radical (unpaired) electrons. The first kappa shape index (κ1) is 26.0. The van der Waals surface area contributed by atoms with E-state index in [1.807, 2.05) is 50.2 Å². The van der Waals surface area contributed by atoms with Crippen LogP contribution in [0, 0.1) is 0 Å². The van der Waals surface area contributed by atoms with Crippen LogP contribution in [0.15, 0.2) is 47.6 Å². The number of hydrogen-bond acceptors (Lipinski definition) is 5. The molecule has 0 amide bonds. The number of aliphatic imine (C=N–C) groups is 1. The Labute approximate surface area is 196 Å². The van der Waals surface area contributed by atoms with Crippen LogP contribution in [-0.4, -0.2) is 44.4 Å². The van der Waals surface area contributed by atoms with Crippen LogP contribution in [0.5, 0.6) is 11.6 Å². The molecule has 2 rings (SSSR count). The number of nitrogens with zero attached hydrogens (tertiary/aromatic N) is 2. The van der Waals surface area contributed by atoms with E-state index in [-0.39, 0.29) is 24.0 Å². The number of benzene rings is 1. The molecule has 7 nitrogen and oxygen atoms in total. The van der Waals surface area contributed by atoms with Crippen LogP contribution in [-0.2, 0) is 17.8 Å². The Morgan fingerprint density at radius 3 is 2.57 bits per heavy atom. The fraction of sp³-hybridized carbons (Fsp3) is 0.455. The van der Waals surface area contributed by atoms with Crippen molar-refractivity contribution >= 4 is 29.9 Å². The Bertz CT molecular complexity index is 741. The van der Waals surface area contributed by atoms with Gasteiger partial charge in [0.1, 0.15) is 5.75 Å². The van der Waals surface area contributed by atoms with Gasteiger partial charge >= 0.3 is 0 Å². The number of ether oxygens (including phenoxy) is 3. The van der Waals surface area contributed by atoms with Gasteiger partial charge in [0, 0.05) is 38.1 Å². The van der Waals surface area contributed by atoms with Crippen molar-refractivity contribution in [3.8, 4) is 11.6 Å². The zero-order valence-corrected chi connectivity index (χ0v) is 20.3. The summed E-state index contributed by atoms with van der Waals surface area (Å²) in [5, 5.41) is 6.74. The van der Waals surface area contributed by atoms with Crippen LogP contribution in [0.3, 0.4) is 0 Å². The number of nitrogens with one attached hydrogen (secondary N) is 2. The van der Waals surface area contributed by atoms with Crippen molar-refractivity contribution in [3.63, 3.8) is 0 Å². The highest BCUT2D eigenvalue weighted by Gasteiger charge is 2.06. The van der Waals surface area contributed by atoms with Crippen molar-refractivity contribution in [3.05, 3.63) is 53.7 Å². The fourth-order valence-electron chi connectivity index (χ4n) is 2.61. The SMILES string of the molecule is CCOCCCNC(=NCc1ccc(OC)cc1)NCc1cccnc1OCC.I. The lowest BCUT2D eigenvalue weighted by Gasteiger charge is -2.14. The van der Waals surface area contributed by atoms with E-state index in [0.717, 1.165) is 49.0 Å². The van der Waals surface area contributed by atoms with Crippen LogP contribution < -0.4 is 20.1 Å². The zero-order chi connectivity index (χ0) is 20.7. The van der Waals surface area contributed by atoms with E-state index in [1.165, 1.54) is 0 Å². The van der Waals surface area contributed by atoms with Gasteiger partial charge in [-0.15, -0.1) is 24.0 Å². The number of hydrogen-bond donors (Lipinski definition) is 2. The van der Waals surface area contributed by atoms with Crippen LogP contribution >= 0.6 is 24.0 Å². The van der Waals surface area contributed by atoms with Crippen molar-refractivity contribution in [1.82, 2.24) is 15.6 Å². The van der Waals surface area contributed by atoms with E-state index < -0.39 is 0 Å². The van der Waals surface area contributed by atoms with E-state index in [9.17, 15) is 0 Å². The summed E-state index contributed by atoms with van der Waals surface area (Å²) in [5.41, 5.74) is 2.10. The van der Waals surface area contributed by atoms with Gasteiger partial charge in [-0.2, -0.15) is 0 Å². The Morgan fingerprint density at radius 2 is 1.87 bits per heavy atom. The third kappa shape index (κ3) is 9.62. The van der Waals surface area contributed by atoms with Crippen molar-refractivity contribution in [1.29, 1.82) is 0 Å². The largest absolute Gasteiger partial charge is 0.497 e. The van der Waals surface area contributed by atoms with Crippen LogP contribution in [0.4, 0.5) is 0 Å². The molecule has 1 aromatic carbocycles. The van der Waals surface area contributed by atoms with Crippen molar-refractivity contribution in [2.45, 2.75) is 33.4 Å². The minimum absolute atomic E-state index is 0. The van der Waals surface area contributed by atoms with Crippen LogP contribution in [0.2, 0.25) is 0 Å². The molecule has 1 aromatic heterocycles. The summed E-state index contributed by atoms with van der Waals surface area (Å²) in [6.45, 7) is 7.91. The lowest BCUT2D eigenvalue weighted by molar-refractivity contribution is 0.145. The Balaban J connectivity index is 0.00000450. The van der Waals surface area contributed by atoms with Gasteiger partial charge in [-0.3, -0.25) is 0 Å². The summed E-state index contributed by atoms with van der Waals surface area (Å²) in [6, 6.07) is 11.8. The lowest BCUT2D eigenvalue weighted by Crippen LogP contribution is -2.38. The van der Waals surface area contributed by atoms with Gasteiger partial charge in [-0.05, 0) is 44.0 Å². The molecule has 0 atom stereocenters. The molecule has 0 aliphatic heterocycles. The zero-order valence-electron chi connectivity index (χ0n) is 18.0. The van der Waals surface area contributed by atoms with E-state index in [1.54, 1.807) is 13.3 Å². The quantitative estimate of drug-likeness (QED) is 0.189. The second-order valence-corrected chi connectivity index (χ2v) is 6.24. The molecule has 0 bridgehead atoms. The maximum Gasteiger partial charge on any atom is 0.218 e. The second-order valence-electron chi connectivity index (χ2n) is 6.24. The van der Waals surface area contributed by atoms with Crippen molar-refractivity contribution in [2.75, 3.05) is 33.5 Å². The molecular weight excluding hydrogens is 495 g/mol. The molecule has 166 valence electrons. The first-order valence-corrected chi connectivity index (χ1v) is 10.1. The predicted molar refractivity (Wildman–Crippen MR) is 131 cm³/mol.